The average molecular weight is 429 g/mol. The first kappa shape index (κ1) is 21.8. The van der Waals surface area contributed by atoms with E-state index < -0.39 is 5.97 Å². The van der Waals surface area contributed by atoms with E-state index in [9.17, 15) is 14.4 Å². The molecule has 0 saturated carbocycles. The van der Waals surface area contributed by atoms with Gasteiger partial charge in [0.2, 0.25) is 0 Å². The first-order valence-electron chi connectivity index (χ1n) is 10.0. The van der Waals surface area contributed by atoms with Gasteiger partial charge in [0.1, 0.15) is 0 Å². The van der Waals surface area contributed by atoms with Crippen molar-refractivity contribution in [2.24, 2.45) is 0 Å². The third-order valence-electron chi connectivity index (χ3n) is 5.10. The third-order valence-corrected chi connectivity index (χ3v) is 5.35. The summed E-state index contributed by atoms with van der Waals surface area (Å²) < 4.78 is 5.17. The Morgan fingerprint density at radius 1 is 1.13 bits per heavy atom. The number of carbonyl (C=O) groups is 3. The number of hydrogen-bond acceptors (Lipinski definition) is 4. The van der Waals surface area contributed by atoms with Gasteiger partial charge >= 0.3 is 5.97 Å². The molecule has 2 aromatic rings. The second kappa shape index (κ2) is 10.3. The summed E-state index contributed by atoms with van der Waals surface area (Å²) in [5.74, 6) is -0.908. The number of fused-ring (bicyclic) bond motifs is 1. The van der Waals surface area contributed by atoms with Crippen LogP contribution in [0.1, 0.15) is 42.1 Å². The van der Waals surface area contributed by atoms with Crippen molar-refractivity contribution in [3.63, 3.8) is 0 Å². The van der Waals surface area contributed by atoms with Gasteiger partial charge in [-0.1, -0.05) is 29.8 Å². The summed E-state index contributed by atoms with van der Waals surface area (Å²) in [5, 5.41) is 3.30. The summed E-state index contributed by atoms with van der Waals surface area (Å²) in [7, 11) is 0. The molecule has 3 rings (SSSR count). The van der Waals surface area contributed by atoms with Crippen molar-refractivity contribution in [1.29, 1.82) is 0 Å². The molecule has 1 aliphatic rings. The van der Waals surface area contributed by atoms with Gasteiger partial charge in [-0.3, -0.25) is 14.4 Å². The first-order valence-corrected chi connectivity index (χ1v) is 10.4. The molecule has 6 nitrogen and oxygen atoms in total. The zero-order valence-electron chi connectivity index (χ0n) is 16.9. The van der Waals surface area contributed by atoms with Crippen molar-refractivity contribution in [3.05, 3.63) is 64.7 Å². The van der Waals surface area contributed by atoms with Crippen molar-refractivity contribution in [2.45, 2.75) is 38.6 Å². The highest BCUT2D eigenvalue weighted by Gasteiger charge is 2.28. The van der Waals surface area contributed by atoms with Crippen molar-refractivity contribution in [2.75, 3.05) is 18.1 Å². The third kappa shape index (κ3) is 5.60. The van der Waals surface area contributed by atoms with Gasteiger partial charge in [-0.15, -0.1) is 0 Å². The Bertz CT molecular complexity index is 914. The fourth-order valence-electron chi connectivity index (χ4n) is 3.49. The number of amides is 2. The van der Waals surface area contributed by atoms with Gasteiger partial charge in [0.25, 0.3) is 11.8 Å². The van der Waals surface area contributed by atoms with Gasteiger partial charge in [0, 0.05) is 35.3 Å². The van der Waals surface area contributed by atoms with Crippen LogP contribution in [-0.2, 0) is 20.7 Å². The highest BCUT2D eigenvalue weighted by atomic mass is 35.5. The molecule has 30 heavy (non-hydrogen) atoms. The monoisotopic (exact) mass is 428 g/mol. The molecular formula is C23H25ClN2O4. The predicted octanol–water partition coefficient (Wildman–Crippen LogP) is 3.76. The maximum absolute atomic E-state index is 12.7. The summed E-state index contributed by atoms with van der Waals surface area (Å²) in [4.78, 5) is 38.4. The quantitative estimate of drug-likeness (QED) is 0.538. The van der Waals surface area contributed by atoms with E-state index in [1.807, 2.05) is 31.2 Å². The molecule has 2 aromatic carbocycles. The SMILES string of the molecule is CC1CCc2ccccc2N1C(=O)COC(=O)CCCNC(=O)c1ccc(Cl)cc1. The van der Waals surface area contributed by atoms with E-state index in [1.165, 1.54) is 0 Å². The van der Waals surface area contributed by atoms with Crippen LogP contribution in [0, 0.1) is 0 Å². The molecule has 0 aromatic heterocycles. The van der Waals surface area contributed by atoms with Crippen LogP contribution in [0.5, 0.6) is 0 Å². The topological polar surface area (TPSA) is 75.7 Å². The Kier molecular flexibility index (Phi) is 7.46. The summed E-state index contributed by atoms with van der Waals surface area (Å²) in [5.41, 5.74) is 2.53. The van der Waals surface area contributed by atoms with Crippen molar-refractivity contribution in [3.8, 4) is 0 Å². The number of ether oxygens (including phenoxy) is 1. The van der Waals surface area contributed by atoms with E-state index >= 15 is 0 Å². The number of para-hydroxylation sites is 1. The lowest BCUT2D eigenvalue weighted by molar-refractivity contribution is -0.148. The number of nitrogens with zero attached hydrogens (tertiary/aromatic N) is 1. The van der Waals surface area contributed by atoms with Gasteiger partial charge in [-0.25, -0.2) is 0 Å². The van der Waals surface area contributed by atoms with Crippen LogP contribution in [0.3, 0.4) is 0 Å². The molecule has 0 fully saturated rings. The molecule has 1 aliphatic heterocycles. The number of carbonyl (C=O) groups excluding carboxylic acids is 3. The van der Waals surface area contributed by atoms with Gasteiger partial charge in [-0.05, 0) is 62.1 Å². The van der Waals surface area contributed by atoms with Crippen LogP contribution in [0.15, 0.2) is 48.5 Å². The van der Waals surface area contributed by atoms with E-state index in [2.05, 4.69) is 5.32 Å². The smallest absolute Gasteiger partial charge is 0.306 e. The molecule has 158 valence electrons. The Hall–Kier alpha value is -2.86. The van der Waals surface area contributed by atoms with Crippen LogP contribution in [0.2, 0.25) is 5.02 Å². The summed E-state index contributed by atoms with van der Waals surface area (Å²) in [6.07, 6.45) is 2.36. The lowest BCUT2D eigenvalue weighted by atomic mass is 9.96. The van der Waals surface area contributed by atoms with Gasteiger partial charge in [0.15, 0.2) is 6.61 Å². The number of anilines is 1. The number of nitrogens with one attached hydrogen (secondary N) is 1. The van der Waals surface area contributed by atoms with E-state index in [1.54, 1.807) is 29.2 Å². The number of esters is 1. The number of hydrogen-bond donors (Lipinski definition) is 1. The second-order valence-electron chi connectivity index (χ2n) is 7.31. The Balaban J connectivity index is 1.40. The fraction of sp³-hybridized carbons (Fsp3) is 0.348. The van der Waals surface area contributed by atoms with Crippen LogP contribution in [0.4, 0.5) is 5.69 Å². The fourth-order valence-corrected chi connectivity index (χ4v) is 3.62. The molecule has 7 heteroatoms. The standard InChI is InChI=1S/C23H25ClN2O4/c1-16-8-9-17-5-2-3-6-20(17)26(16)21(27)15-30-22(28)7-4-14-25-23(29)18-10-12-19(24)13-11-18/h2-3,5-6,10-13,16H,4,7-9,14-15H2,1H3,(H,25,29). The van der Waals surface area contributed by atoms with Crippen LogP contribution in [-0.4, -0.2) is 37.0 Å². The zero-order valence-corrected chi connectivity index (χ0v) is 17.7. The molecular weight excluding hydrogens is 404 g/mol. The van der Waals surface area contributed by atoms with Gasteiger partial charge < -0.3 is 15.0 Å². The lowest BCUT2D eigenvalue weighted by Crippen LogP contribution is -2.44. The number of halogens is 1. The molecule has 1 heterocycles. The number of aryl methyl sites for hydroxylation is 1. The van der Waals surface area contributed by atoms with E-state index in [0.29, 0.717) is 23.6 Å². The Labute approximate surface area is 181 Å². The molecule has 0 radical (unpaired) electrons. The highest BCUT2D eigenvalue weighted by molar-refractivity contribution is 6.30. The molecule has 2 amide bonds. The molecule has 0 bridgehead atoms. The Morgan fingerprint density at radius 2 is 1.87 bits per heavy atom. The molecule has 1 atom stereocenters. The van der Waals surface area contributed by atoms with Gasteiger partial charge in [0.05, 0.1) is 0 Å². The molecule has 0 spiro atoms. The second-order valence-corrected chi connectivity index (χ2v) is 7.74. The van der Waals surface area contributed by atoms with Crippen molar-refractivity contribution < 1.29 is 19.1 Å². The Morgan fingerprint density at radius 3 is 2.63 bits per heavy atom. The lowest BCUT2D eigenvalue weighted by Gasteiger charge is -2.35. The number of benzene rings is 2. The normalized spacial score (nSPS) is 15.3. The zero-order chi connectivity index (χ0) is 21.5. The maximum atomic E-state index is 12.7. The summed E-state index contributed by atoms with van der Waals surface area (Å²) in [6.45, 7) is 2.05. The summed E-state index contributed by atoms with van der Waals surface area (Å²) >= 11 is 5.80. The largest absolute Gasteiger partial charge is 0.456 e. The molecule has 1 unspecified atom stereocenters. The highest BCUT2D eigenvalue weighted by Crippen LogP contribution is 2.30. The van der Waals surface area contributed by atoms with Crippen LogP contribution < -0.4 is 10.2 Å². The van der Waals surface area contributed by atoms with Crippen molar-refractivity contribution in [1.82, 2.24) is 5.32 Å². The summed E-state index contributed by atoms with van der Waals surface area (Å²) in [6, 6.07) is 14.4. The van der Waals surface area contributed by atoms with Crippen LogP contribution in [0.25, 0.3) is 0 Å². The maximum Gasteiger partial charge on any atom is 0.306 e. The van der Waals surface area contributed by atoms with E-state index in [-0.39, 0.29) is 30.9 Å². The van der Waals surface area contributed by atoms with Gasteiger partial charge in [-0.2, -0.15) is 0 Å². The minimum atomic E-state index is -0.456. The minimum absolute atomic E-state index is 0.0641. The van der Waals surface area contributed by atoms with E-state index in [4.69, 9.17) is 16.3 Å². The van der Waals surface area contributed by atoms with Crippen molar-refractivity contribution >= 4 is 35.1 Å². The van der Waals surface area contributed by atoms with E-state index in [0.717, 1.165) is 24.1 Å². The minimum Gasteiger partial charge on any atom is -0.456 e. The molecule has 0 aliphatic carbocycles. The number of rotatable bonds is 7. The molecule has 1 N–H and O–H groups in total. The average Bonchev–Trinajstić information content (AvgIpc) is 2.75. The molecule has 0 saturated heterocycles. The van der Waals surface area contributed by atoms with Crippen LogP contribution >= 0.6 is 11.6 Å². The predicted molar refractivity (Wildman–Crippen MR) is 116 cm³/mol. The first-order chi connectivity index (χ1) is 14.5.